The lowest BCUT2D eigenvalue weighted by Crippen LogP contribution is -2.16. The molecule has 1 amide bonds. The zero-order chi connectivity index (χ0) is 13.2. The Morgan fingerprint density at radius 2 is 2.05 bits per heavy atom. The molecule has 4 N–H and O–H groups in total. The van der Waals surface area contributed by atoms with E-state index in [0.29, 0.717) is 36.1 Å². The number of amides is 1. The van der Waals surface area contributed by atoms with Crippen LogP contribution in [0.1, 0.15) is 10.5 Å². The summed E-state index contributed by atoms with van der Waals surface area (Å²) >= 11 is 0. The molecule has 0 bridgehead atoms. The summed E-state index contributed by atoms with van der Waals surface area (Å²) < 4.78 is 10.8. The highest BCUT2D eigenvalue weighted by atomic mass is 16.6. The van der Waals surface area contributed by atoms with Crippen LogP contribution >= 0.6 is 0 Å². The van der Waals surface area contributed by atoms with Gasteiger partial charge in [0.05, 0.1) is 0 Å². The van der Waals surface area contributed by atoms with Crippen molar-refractivity contribution in [2.75, 3.05) is 24.3 Å². The highest BCUT2D eigenvalue weighted by Crippen LogP contribution is 2.32. The monoisotopic (exact) mass is 260 g/mol. The average Bonchev–Trinajstić information content (AvgIpc) is 2.85. The molecule has 7 nitrogen and oxygen atoms in total. The largest absolute Gasteiger partial charge is 0.486 e. The maximum Gasteiger partial charge on any atom is 0.273 e. The standard InChI is InChI=1S/C12H12N4O3/c13-11-6-8(15-16-11)12(17)14-7-1-2-9-10(5-7)19-4-3-18-9/h1-2,5-6H,3-4H2,(H,14,17)(H3,13,15,16). The number of H-pyrrole nitrogens is 1. The van der Waals surface area contributed by atoms with Crippen molar-refractivity contribution < 1.29 is 14.3 Å². The van der Waals surface area contributed by atoms with E-state index in [1.165, 1.54) is 6.07 Å². The van der Waals surface area contributed by atoms with Gasteiger partial charge in [-0.15, -0.1) is 0 Å². The number of fused-ring (bicyclic) bond motifs is 1. The van der Waals surface area contributed by atoms with Crippen LogP contribution in [0.15, 0.2) is 24.3 Å². The minimum absolute atomic E-state index is 0.271. The second-order valence-electron chi connectivity index (χ2n) is 4.02. The van der Waals surface area contributed by atoms with Crippen LogP contribution in [-0.4, -0.2) is 29.3 Å². The van der Waals surface area contributed by atoms with Crippen LogP contribution in [0.4, 0.5) is 11.5 Å². The third kappa shape index (κ3) is 2.30. The summed E-state index contributed by atoms with van der Waals surface area (Å²) in [4.78, 5) is 11.9. The molecule has 2 heterocycles. The molecule has 0 fully saturated rings. The smallest absolute Gasteiger partial charge is 0.273 e. The predicted molar refractivity (Wildman–Crippen MR) is 68.4 cm³/mol. The summed E-state index contributed by atoms with van der Waals surface area (Å²) in [7, 11) is 0. The zero-order valence-electron chi connectivity index (χ0n) is 9.97. The van der Waals surface area contributed by atoms with E-state index >= 15 is 0 Å². The van der Waals surface area contributed by atoms with Gasteiger partial charge in [0.25, 0.3) is 5.91 Å². The van der Waals surface area contributed by atoms with Crippen molar-refractivity contribution in [2.45, 2.75) is 0 Å². The lowest BCUT2D eigenvalue weighted by atomic mass is 10.2. The molecule has 1 aromatic heterocycles. The third-order valence-electron chi connectivity index (χ3n) is 2.64. The van der Waals surface area contributed by atoms with E-state index in [9.17, 15) is 4.79 Å². The summed E-state index contributed by atoms with van der Waals surface area (Å²) in [5, 5.41) is 8.96. The van der Waals surface area contributed by atoms with E-state index in [2.05, 4.69) is 15.5 Å². The minimum atomic E-state index is -0.319. The van der Waals surface area contributed by atoms with E-state index in [4.69, 9.17) is 15.2 Å². The number of nitrogens with two attached hydrogens (primary N) is 1. The quantitative estimate of drug-likeness (QED) is 0.748. The number of hydrogen-bond donors (Lipinski definition) is 3. The van der Waals surface area contributed by atoms with Crippen molar-refractivity contribution in [1.82, 2.24) is 10.2 Å². The number of carbonyl (C=O) groups is 1. The molecule has 19 heavy (non-hydrogen) atoms. The number of nitrogens with zero attached hydrogens (tertiary/aromatic N) is 1. The van der Waals surface area contributed by atoms with Crippen LogP contribution in [0.25, 0.3) is 0 Å². The van der Waals surface area contributed by atoms with Crippen molar-refractivity contribution in [2.24, 2.45) is 0 Å². The summed E-state index contributed by atoms with van der Waals surface area (Å²) in [6.07, 6.45) is 0. The Bertz CT molecular complexity index is 623. The summed E-state index contributed by atoms with van der Waals surface area (Å²) in [6, 6.07) is 6.68. The number of rotatable bonds is 2. The minimum Gasteiger partial charge on any atom is -0.486 e. The molecule has 0 radical (unpaired) electrons. The van der Waals surface area contributed by atoms with Gasteiger partial charge in [0.15, 0.2) is 11.5 Å². The third-order valence-corrected chi connectivity index (χ3v) is 2.64. The maximum atomic E-state index is 11.9. The summed E-state index contributed by atoms with van der Waals surface area (Å²) in [6.45, 7) is 1.04. The number of carbonyl (C=O) groups excluding carboxylic acids is 1. The van der Waals surface area contributed by atoms with Crippen LogP contribution in [0.5, 0.6) is 11.5 Å². The van der Waals surface area contributed by atoms with E-state index in [1.54, 1.807) is 18.2 Å². The second kappa shape index (κ2) is 4.52. The molecule has 2 aromatic rings. The molecule has 3 rings (SSSR count). The number of hydrogen-bond acceptors (Lipinski definition) is 5. The molecular weight excluding hydrogens is 248 g/mol. The van der Waals surface area contributed by atoms with E-state index in [-0.39, 0.29) is 11.7 Å². The van der Waals surface area contributed by atoms with Crippen LogP contribution in [0.3, 0.4) is 0 Å². The van der Waals surface area contributed by atoms with Crippen molar-refractivity contribution in [3.8, 4) is 11.5 Å². The lowest BCUT2D eigenvalue weighted by molar-refractivity contribution is 0.102. The summed E-state index contributed by atoms with van der Waals surface area (Å²) in [5.74, 6) is 1.25. The fourth-order valence-corrected chi connectivity index (χ4v) is 1.77. The van der Waals surface area contributed by atoms with Crippen molar-refractivity contribution >= 4 is 17.4 Å². The van der Waals surface area contributed by atoms with Gasteiger partial charge in [0.2, 0.25) is 0 Å². The van der Waals surface area contributed by atoms with E-state index < -0.39 is 0 Å². The van der Waals surface area contributed by atoms with Gasteiger partial charge in [-0.05, 0) is 12.1 Å². The molecule has 1 aliphatic rings. The Labute approximate surface area is 108 Å². The summed E-state index contributed by atoms with van der Waals surface area (Å²) in [5.41, 5.74) is 6.35. The number of nitrogen functional groups attached to an aromatic ring is 1. The first kappa shape index (κ1) is 11.4. The highest BCUT2D eigenvalue weighted by Gasteiger charge is 2.14. The van der Waals surface area contributed by atoms with Gasteiger partial charge in [0, 0.05) is 17.8 Å². The number of anilines is 2. The lowest BCUT2D eigenvalue weighted by Gasteiger charge is -2.18. The molecule has 0 saturated heterocycles. The van der Waals surface area contributed by atoms with E-state index in [0.717, 1.165) is 0 Å². The normalized spacial score (nSPS) is 13.1. The predicted octanol–water partition coefficient (Wildman–Crippen LogP) is 1.02. The fraction of sp³-hybridized carbons (Fsp3) is 0.167. The topological polar surface area (TPSA) is 102 Å². The van der Waals surface area contributed by atoms with Gasteiger partial charge >= 0.3 is 0 Å². The van der Waals surface area contributed by atoms with Crippen molar-refractivity contribution in [3.05, 3.63) is 30.0 Å². The van der Waals surface area contributed by atoms with Gasteiger partial charge in [0.1, 0.15) is 24.7 Å². The fourth-order valence-electron chi connectivity index (χ4n) is 1.77. The molecular formula is C12H12N4O3. The molecule has 0 saturated carbocycles. The van der Waals surface area contributed by atoms with Crippen molar-refractivity contribution in [1.29, 1.82) is 0 Å². The Balaban J connectivity index is 1.78. The average molecular weight is 260 g/mol. The van der Waals surface area contributed by atoms with Gasteiger partial charge < -0.3 is 20.5 Å². The van der Waals surface area contributed by atoms with Gasteiger partial charge in [-0.25, -0.2) is 0 Å². The van der Waals surface area contributed by atoms with Crippen molar-refractivity contribution in [3.63, 3.8) is 0 Å². The number of aromatic nitrogens is 2. The zero-order valence-corrected chi connectivity index (χ0v) is 9.97. The second-order valence-corrected chi connectivity index (χ2v) is 4.02. The van der Waals surface area contributed by atoms with Gasteiger partial charge in [-0.2, -0.15) is 5.10 Å². The molecule has 0 unspecified atom stereocenters. The first-order valence-electron chi connectivity index (χ1n) is 5.74. The molecule has 98 valence electrons. The number of aromatic amines is 1. The number of ether oxygens (including phenoxy) is 2. The highest BCUT2D eigenvalue weighted by molar-refractivity contribution is 6.03. The number of benzene rings is 1. The Morgan fingerprint density at radius 1 is 1.26 bits per heavy atom. The molecule has 1 aliphatic heterocycles. The van der Waals surface area contributed by atoms with Gasteiger partial charge in [-0.3, -0.25) is 9.89 Å². The first-order chi connectivity index (χ1) is 9.22. The molecule has 7 heteroatoms. The molecule has 1 aromatic carbocycles. The van der Waals surface area contributed by atoms with Crippen LogP contribution < -0.4 is 20.5 Å². The maximum absolute atomic E-state index is 11.9. The molecule has 0 aliphatic carbocycles. The Kier molecular flexibility index (Phi) is 2.71. The molecule has 0 spiro atoms. The van der Waals surface area contributed by atoms with Gasteiger partial charge in [-0.1, -0.05) is 0 Å². The van der Waals surface area contributed by atoms with Crippen LogP contribution in [0, 0.1) is 0 Å². The first-order valence-corrected chi connectivity index (χ1v) is 5.74. The Morgan fingerprint density at radius 3 is 2.79 bits per heavy atom. The van der Waals surface area contributed by atoms with E-state index in [1.807, 2.05) is 0 Å². The van der Waals surface area contributed by atoms with Crippen LogP contribution in [0.2, 0.25) is 0 Å². The molecule has 0 atom stereocenters. The number of nitrogens with one attached hydrogen (secondary N) is 2. The van der Waals surface area contributed by atoms with Crippen LogP contribution in [-0.2, 0) is 0 Å². The SMILES string of the molecule is Nc1cc(C(=O)Nc2ccc3c(c2)OCCO3)[nH]n1. The Hall–Kier alpha value is -2.70.